The molecule has 4 heteroatoms. The van der Waals surface area contributed by atoms with Crippen LogP contribution in [0.2, 0.25) is 0 Å². The maximum Gasteiger partial charge on any atom is 0.144 e. The molecule has 0 fully saturated rings. The van der Waals surface area contributed by atoms with Gasteiger partial charge in [0.05, 0.1) is 5.56 Å². The summed E-state index contributed by atoms with van der Waals surface area (Å²) in [4.78, 5) is 6.28. The topological polar surface area (TPSA) is 52.0 Å². The van der Waals surface area contributed by atoms with Crippen molar-refractivity contribution in [1.29, 1.82) is 5.26 Å². The highest BCUT2D eigenvalue weighted by atomic mass is 15.1. The van der Waals surface area contributed by atoms with Gasteiger partial charge in [-0.05, 0) is 42.3 Å². The summed E-state index contributed by atoms with van der Waals surface area (Å²) in [6, 6.07) is 12.0. The summed E-state index contributed by atoms with van der Waals surface area (Å²) < 4.78 is 0. The molecule has 0 bridgehead atoms. The van der Waals surface area contributed by atoms with Gasteiger partial charge in [-0.3, -0.25) is 0 Å². The average Bonchev–Trinajstić information content (AvgIpc) is 2.46. The van der Waals surface area contributed by atoms with Crippen molar-refractivity contribution < 1.29 is 0 Å². The molecule has 1 aromatic heterocycles. The van der Waals surface area contributed by atoms with Gasteiger partial charge in [0.2, 0.25) is 0 Å². The summed E-state index contributed by atoms with van der Waals surface area (Å²) >= 11 is 0. The maximum atomic E-state index is 9.03. The molecule has 0 aliphatic carbocycles. The molecular formula is C16H18N4. The van der Waals surface area contributed by atoms with E-state index in [0.717, 1.165) is 0 Å². The van der Waals surface area contributed by atoms with E-state index in [0.29, 0.717) is 17.9 Å². The molecule has 1 N–H and O–H groups in total. The number of aromatic nitrogens is 1. The number of nitriles is 1. The smallest absolute Gasteiger partial charge is 0.144 e. The fraction of sp³-hybridized carbons (Fsp3) is 0.250. The minimum Gasteiger partial charge on any atom is -0.378 e. The van der Waals surface area contributed by atoms with Gasteiger partial charge in [-0.15, -0.1) is 0 Å². The van der Waals surface area contributed by atoms with Gasteiger partial charge in [0.15, 0.2) is 0 Å². The Balaban J connectivity index is 2.14. The van der Waals surface area contributed by atoms with Crippen molar-refractivity contribution in [3.63, 3.8) is 0 Å². The first-order valence-electron chi connectivity index (χ1n) is 6.47. The van der Waals surface area contributed by atoms with E-state index in [1.165, 1.54) is 16.8 Å². The van der Waals surface area contributed by atoms with Gasteiger partial charge >= 0.3 is 0 Å². The van der Waals surface area contributed by atoms with Crippen molar-refractivity contribution in [2.45, 2.75) is 13.5 Å². The van der Waals surface area contributed by atoms with Gasteiger partial charge in [-0.1, -0.05) is 6.07 Å². The Morgan fingerprint density at radius 3 is 2.75 bits per heavy atom. The molecule has 20 heavy (non-hydrogen) atoms. The monoisotopic (exact) mass is 266 g/mol. The number of hydrogen-bond donors (Lipinski definition) is 1. The third-order valence-corrected chi connectivity index (χ3v) is 3.22. The Labute approximate surface area is 119 Å². The first kappa shape index (κ1) is 13.9. The van der Waals surface area contributed by atoms with Crippen LogP contribution in [0.1, 0.15) is 16.7 Å². The zero-order valence-corrected chi connectivity index (χ0v) is 12.0. The molecule has 2 aromatic rings. The van der Waals surface area contributed by atoms with Crippen LogP contribution >= 0.6 is 0 Å². The van der Waals surface area contributed by atoms with Crippen LogP contribution in [0, 0.1) is 18.3 Å². The van der Waals surface area contributed by atoms with Crippen LogP contribution in [-0.4, -0.2) is 19.1 Å². The van der Waals surface area contributed by atoms with Crippen LogP contribution < -0.4 is 10.2 Å². The van der Waals surface area contributed by atoms with Crippen molar-refractivity contribution in [2.24, 2.45) is 0 Å². The Kier molecular flexibility index (Phi) is 4.21. The van der Waals surface area contributed by atoms with Crippen molar-refractivity contribution in [2.75, 3.05) is 24.3 Å². The van der Waals surface area contributed by atoms with Crippen LogP contribution in [0.25, 0.3) is 0 Å². The zero-order valence-electron chi connectivity index (χ0n) is 12.0. The highest BCUT2D eigenvalue weighted by Crippen LogP contribution is 2.19. The zero-order chi connectivity index (χ0) is 14.5. The van der Waals surface area contributed by atoms with E-state index >= 15 is 0 Å². The molecule has 1 heterocycles. The molecule has 0 atom stereocenters. The lowest BCUT2D eigenvalue weighted by molar-refractivity contribution is 1.07. The second kappa shape index (κ2) is 6.07. The molecule has 0 unspecified atom stereocenters. The van der Waals surface area contributed by atoms with Crippen molar-refractivity contribution in [3.8, 4) is 6.07 Å². The lowest BCUT2D eigenvalue weighted by Gasteiger charge is -2.15. The van der Waals surface area contributed by atoms with Gasteiger partial charge < -0.3 is 10.2 Å². The summed E-state index contributed by atoms with van der Waals surface area (Å²) in [5, 5.41) is 12.3. The van der Waals surface area contributed by atoms with E-state index in [1.54, 1.807) is 18.3 Å². The Morgan fingerprint density at radius 1 is 1.30 bits per heavy atom. The third kappa shape index (κ3) is 3.07. The Hall–Kier alpha value is -2.54. The molecular weight excluding hydrogens is 248 g/mol. The number of nitrogens with zero attached hydrogens (tertiary/aromatic N) is 3. The van der Waals surface area contributed by atoms with Crippen LogP contribution in [0.15, 0.2) is 36.5 Å². The summed E-state index contributed by atoms with van der Waals surface area (Å²) in [5.41, 5.74) is 4.17. The van der Waals surface area contributed by atoms with E-state index in [1.807, 2.05) is 14.1 Å². The second-order valence-electron chi connectivity index (χ2n) is 4.87. The van der Waals surface area contributed by atoms with Gasteiger partial charge in [0, 0.05) is 32.5 Å². The summed E-state index contributed by atoms with van der Waals surface area (Å²) in [7, 11) is 4.06. The van der Waals surface area contributed by atoms with Gasteiger partial charge in [0.25, 0.3) is 0 Å². The fourth-order valence-corrected chi connectivity index (χ4v) is 1.97. The van der Waals surface area contributed by atoms with Crippen molar-refractivity contribution >= 4 is 11.5 Å². The van der Waals surface area contributed by atoms with Crippen molar-refractivity contribution in [3.05, 3.63) is 53.2 Å². The Morgan fingerprint density at radius 2 is 2.10 bits per heavy atom. The molecule has 0 amide bonds. The van der Waals surface area contributed by atoms with Gasteiger partial charge in [-0.2, -0.15) is 5.26 Å². The highest BCUT2D eigenvalue weighted by molar-refractivity contribution is 5.53. The van der Waals surface area contributed by atoms with E-state index in [9.17, 15) is 0 Å². The normalized spacial score (nSPS) is 9.90. The highest BCUT2D eigenvalue weighted by Gasteiger charge is 2.05. The van der Waals surface area contributed by atoms with Crippen LogP contribution in [-0.2, 0) is 6.54 Å². The van der Waals surface area contributed by atoms with Crippen LogP contribution in [0.5, 0.6) is 0 Å². The largest absolute Gasteiger partial charge is 0.378 e. The van der Waals surface area contributed by atoms with Gasteiger partial charge in [0.1, 0.15) is 11.9 Å². The number of nitrogens with one attached hydrogen (secondary N) is 1. The SMILES string of the molecule is Cc1cc(N(C)C)ccc1CNc1ncccc1C#N. The molecule has 0 saturated heterocycles. The molecule has 1 aromatic carbocycles. The third-order valence-electron chi connectivity index (χ3n) is 3.22. The number of rotatable bonds is 4. The molecule has 0 spiro atoms. The molecule has 0 aliphatic heterocycles. The standard InChI is InChI=1S/C16H18N4/c1-12-9-15(20(2)3)7-6-14(12)11-19-16-13(10-17)5-4-8-18-16/h4-9H,11H2,1-3H3,(H,18,19). The molecule has 4 nitrogen and oxygen atoms in total. The average molecular weight is 266 g/mol. The molecule has 0 aliphatic rings. The van der Waals surface area contributed by atoms with Crippen molar-refractivity contribution in [1.82, 2.24) is 4.98 Å². The minimum absolute atomic E-state index is 0.565. The fourth-order valence-electron chi connectivity index (χ4n) is 1.97. The number of anilines is 2. The van der Waals surface area contributed by atoms with E-state index in [-0.39, 0.29) is 0 Å². The van der Waals surface area contributed by atoms with Crippen LogP contribution in [0.3, 0.4) is 0 Å². The quantitative estimate of drug-likeness (QED) is 0.924. The lowest BCUT2D eigenvalue weighted by atomic mass is 10.1. The number of pyridine rings is 1. The predicted octanol–water partition coefficient (Wildman–Crippen LogP) is 2.94. The molecule has 0 saturated carbocycles. The molecule has 0 radical (unpaired) electrons. The number of benzene rings is 1. The van der Waals surface area contributed by atoms with Crippen LogP contribution in [0.4, 0.5) is 11.5 Å². The molecule has 102 valence electrons. The summed E-state index contributed by atoms with van der Waals surface area (Å²) in [5.74, 6) is 0.631. The first-order chi connectivity index (χ1) is 9.61. The Bertz CT molecular complexity index is 641. The van der Waals surface area contributed by atoms with E-state index in [4.69, 9.17) is 5.26 Å². The number of aryl methyl sites for hydroxylation is 1. The second-order valence-corrected chi connectivity index (χ2v) is 4.87. The van der Waals surface area contributed by atoms with E-state index in [2.05, 4.69) is 46.4 Å². The number of hydrogen-bond acceptors (Lipinski definition) is 4. The predicted molar refractivity (Wildman–Crippen MR) is 81.8 cm³/mol. The van der Waals surface area contributed by atoms with Gasteiger partial charge in [-0.25, -0.2) is 4.98 Å². The summed E-state index contributed by atoms with van der Waals surface area (Å²) in [6.45, 7) is 2.75. The maximum absolute atomic E-state index is 9.03. The summed E-state index contributed by atoms with van der Waals surface area (Å²) in [6.07, 6.45) is 1.69. The van der Waals surface area contributed by atoms with E-state index < -0.39 is 0 Å². The minimum atomic E-state index is 0.565. The first-order valence-corrected chi connectivity index (χ1v) is 6.47. The molecule has 2 rings (SSSR count). The lowest BCUT2D eigenvalue weighted by Crippen LogP contribution is -2.10.